The van der Waals surface area contributed by atoms with Gasteiger partial charge < -0.3 is 0 Å². The van der Waals surface area contributed by atoms with Gasteiger partial charge in [0.2, 0.25) is 0 Å². The smallest absolute Gasteiger partial charge is 0.0120 e. The zero-order valence-electron chi connectivity index (χ0n) is 42.3. The largest absolute Gasteiger partial charge is 0.0991 e. The van der Waals surface area contributed by atoms with Crippen molar-refractivity contribution in [3.63, 3.8) is 0 Å². The molecule has 65 heavy (non-hydrogen) atoms. The minimum absolute atomic E-state index is 0.162. The first-order chi connectivity index (χ1) is 31.4. The van der Waals surface area contributed by atoms with Crippen LogP contribution in [0.25, 0.3) is 33.4 Å². The topological polar surface area (TPSA) is 0 Å². The first kappa shape index (κ1) is 53.4. The molecule has 0 saturated heterocycles. The molecule has 2 aliphatic rings. The van der Waals surface area contributed by atoms with Crippen molar-refractivity contribution >= 4 is 0 Å². The highest BCUT2D eigenvalue weighted by atomic mass is 14.4. The first-order valence-corrected chi connectivity index (χ1v) is 24.2. The SMILES string of the molecule is C=C/C=C\C(C)=C/CC.C=CC1=C(/C=C\CC)C2=C(CCC=C2)C1(C)C.CC.CCC(C)c1ccccc1.Cc1ccc(-c2cccc(-c3ccc(-c4ccccc4C)c(C)c3)c2)cc1. The summed E-state index contributed by atoms with van der Waals surface area (Å²) >= 11 is 0. The lowest BCUT2D eigenvalue weighted by Gasteiger charge is -2.26. The molecule has 0 heterocycles. The molecule has 5 aromatic carbocycles. The van der Waals surface area contributed by atoms with E-state index in [0.29, 0.717) is 5.92 Å². The van der Waals surface area contributed by atoms with Gasteiger partial charge in [0.1, 0.15) is 0 Å². The molecule has 1 atom stereocenters. The van der Waals surface area contributed by atoms with E-state index in [4.69, 9.17) is 0 Å². The van der Waals surface area contributed by atoms with E-state index < -0.39 is 0 Å². The summed E-state index contributed by atoms with van der Waals surface area (Å²) in [7, 11) is 0. The molecule has 0 fully saturated rings. The van der Waals surface area contributed by atoms with Crippen LogP contribution in [0.15, 0.2) is 217 Å². The third-order valence-electron chi connectivity index (χ3n) is 12.1. The third kappa shape index (κ3) is 15.6. The average Bonchev–Trinajstić information content (AvgIpc) is 3.56. The van der Waals surface area contributed by atoms with E-state index in [1.807, 2.05) is 26.0 Å². The molecule has 0 aliphatic heterocycles. The van der Waals surface area contributed by atoms with Crippen LogP contribution < -0.4 is 0 Å². The molecule has 0 saturated carbocycles. The number of benzene rings is 5. The van der Waals surface area contributed by atoms with Crippen molar-refractivity contribution in [3.8, 4) is 33.4 Å². The van der Waals surface area contributed by atoms with Crippen molar-refractivity contribution in [1.82, 2.24) is 0 Å². The highest BCUT2D eigenvalue weighted by Gasteiger charge is 2.36. The predicted molar refractivity (Wildman–Crippen MR) is 293 cm³/mol. The van der Waals surface area contributed by atoms with Gasteiger partial charge in [-0.05, 0) is 139 Å². The zero-order chi connectivity index (χ0) is 47.8. The third-order valence-corrected chi connectivity index (χ3v) is 12.1. The van der Waals surface area contributed by atoms with Crippen LogP contribution in [0.3, 0.4) is 0 Å². The van der Waals surface area contributed by atoms with Gasteiger partial charge in [0.25, 0.3) is 0 Å². The maximum absolute atomic E-state index is 4.01. The molecule has 0 spiro atoms. The molecule has 0 aromatic heterocycles. The molecule has 0 heteroatoms. The Balaban J connectivity index is 0.000000252. The number of aryl methyl sites for hydroxylation is 3. The van der Waals surface area contributed by atoms with Crippen LogP contribution in [0, 0.1) is 26.2 Å². The molecule has 0 N–H and O–H groups in total. The van der Waals surface area contributed by atoms with Crippen molar-refractivity contribution < 1.29 is 0 Å². The van der Waals surface area contributed by atoms with Crippen molar-refractivity contribution in [2.75, 3.05) is 0 Å². The number of hydrogen-bond donors (Lipinski definition) is 0. The summed E-state index contributed by atoms with van der Waals surface area (Å²) in [6.45, 7) is 33.6. The summed E-state index contributed by atoms with van der Waals surface area (Å²) in [5, 5.41) is 0. The van der Waals surface area contributed by atoms with Crippen LogP contribution in [0.4, 0.5) is 0 Å². The van der Waals surface area contributed by atoms with E-state index in [2.05, 4.69) is 240 Å². The predicted octanol–water partition coefficient (Wildman–Crippen LogP) is 20.0. The molecular weight excluding hydrogens is 781 g/mol. The van der Waals surface area contributed by atoms with Gasteiger partial charge in [-0.3, -0.25) is 0 Å². The van der Waals surface area contributed by atoms with Crippen LogP contribution in [0.2, 0.25) is 0 Å². The Morgan fingerprint density at radius 3 is 1.91 bits per heavy atom. The molecule has 0 nitrogen and oxygen atoms in total. The van der Waals surface area contributed by atoms with Gasteiger partial charge in [0, 0.05) is 5.41 Å². The molecule has 7 rings (SSSR count). The van der Waals surface area contributed by atoms with Crippen LogP contribution in [-0.2, 0) is 0 Å². The molecule has 1 unspecified atom stereocenters. The molecule has 0 amide bonds. The minimum Gasteiger partial charge on any atom is -0.0991 e. The lowest BCUT2D eigenvalue weighted by molar-refractivity contribution is 0.535. The Labute approximate surface area is 397 Å². The lowest BCUT2D eigenvalue weighted by atomic mass is 9.77. The van der Waals surface area contributed by atoms with Gasteiger partial charge in [-0.2, -0.15) is 0 Å². The van der Waals surface area contributed by atoms with Crippen molar-refractivity contribution in [2.45, 2.75) is 121 Å². The van der Waals surface area contributed by atoms with E-state index in [9.17, 15) is 0 Å². The number of rotatable bonds is 11. The molecule has 0 bridgehead atoms. The molecule has 2 aliphatic carbocycles. The van der Waals surface area contributed by atoms with Gasteiger partial charge >= 0.3 is 0 Å². The van der Waals surface area contributed by atoms with Crippen LogP contribution in [0.5, 0.6) is 0 Å². The maximum atomic E-state index is 4.01. The number of allylic oxidation sites excluding steroid dienone is 14. The Kier molecular flexibility index (Phi) is 23.0. The molecule has 340 valence electrons. The van der Waals surface area contributed by atoms with E-state index in [0.717, 1.165) is 12.8 Å². The van der Waals surface area contributed by atoms with Crippen LogP contribution in [-0.4, -0.2) is 0 Å². The van der Waals surface area contributed by atoms with Crippen molar-refractivity contribution in [1.29, 1.82) is 0 Å². The highest BCUT2D eigenvalue weighted by Crippen LogP contribution is 2.51. The monoisotopic (exact) mass is 861 g/mol. The van der Waals surface area contributed by atoms with Gasteiger partial charge in [-0.15, -0.1) is 0 Å². The fraction of sp³-hybridized carbons (Fsp3) is 0.292. The molecular formula is C65H80. The van der Waals surface area contributed by atoms with Crippen molar-refractivity contribution in [2.24, 2.45) is 5.41 Å². The molecule has 5 aromatic rings. The number of hydrogen-bond acceptors (Lipinski definition) is 0. The van der Waals surface area contributed by atoms with Crippen LogP contribution >= 0.6 is 0 Å². The maximum Gasteiger partial charge on any atom is 0.0120 e. The van der Waals surface area contributed by atoms with Gasteiger partial charge in [-0.25, -0.2) is 0 Å². The second-order valence-electron chi connectivity index (χ2n) is 17.3. The van der Waals surface area contributed by atoms with Crippen molar-refractivity contribution in [3.05, 3.63) is 239 Å². The van der Waals surface area contributed by atoms with E-state index >= 15 is 0 Å². The fourth-order valence-electron chi connectivity index (χ4n) is 8.26. The zero-order valence-corrected chi connectivity index (χ0v) is 42.3. The summed E-state index contributed by atoms with van der Waals surface area (Å²) in [6.07, 6.45) is 24.9. The summed E-state index contributed by atoms with van der Waals surface area (Å²) in [5.41, 5.74) is 20.3. The van der Waals surface area contributed by atoms with Gasteiger partial charge in [-0.1, -0.05) is 255 Å². The second kappa shape index (κ2) is 28.0. The second-order valence-corrected chi connectivity index (χ2v) is 17.3. The normalized spacial score (nSPS) is 14.2. The van der Waals surface area contributed by atoms with Gasteiger partial charge in [0.15, 0.2) is 0 Å². The van der Waals surface area contributed by atoms with E-state index in [1.165, 1.54) is 97.2 Å². The Morgan fingerprint density at radius 2 is 1.31 bits per heavy atom. The van der Waals surface area contributed by atoms with Gasteiger partial charge in [0.05, 0.1) is 0 Å². The highest BCUT2D eigenvalue weighted by molar-refractivity contribution is 5.78. The lowest BCUT2D eigenvalue weighted by Crippen LogP contribution is -2.14. The first-order valence-electron chi connectivity index (χ1n) is 24.2. The van der Waals surface area contributed by atoms with E-state index in [1.54, 1.807) is 11.6 Å². The van der Waals surface area contributed by atoms with Crippen LogP contribution in [0.1, 0.15) is 123 Å². The Morgan fingerprint density at radius 1 is 0.692 bits per heavy atom. The Bertz CT molecular complexity index is 2430. The average molecular weight is 861 g/mol. The summed E-state index contributed by atoms with van der Waals surface area (Å²) < 4.78 is 0. The Hall–Kier alpha value is -5.98. The standard InChI is InChI=1S/C27H24.C17H22.C10H14.C9H14.C2H6/c1-19-11-13-22(14-12-19)23-8-6-9-24(18-23)25-15-16-27(21(3)17-25)26-10-5-4-7-20(26)2;1-5-7-10-13-14-11-8-9-12-16(14)17(3,4)15(13)6-2;1-3-9(2)10-7-5-4-6-8-10;1-4-6-8-9(3)7-5-2;1-2/h4-18H,1-3H3;6-8,10-11H,2,5,9,12H2,1,3-4H3;4-9H,3H2,1-2H3;4,6-8H,1,5H2,2-3H3;1-2H3/b;10-7-;;8-6-,9-7-;. The molecule has 0 radical (unpaired) electrons. The summed E-state index contributed by atoms with van der Waals surface area (Å²) in [4.78, 5) is 0. The van der Waals surface area contributed by atoms with E-state index in [-0.39, 0.29) is 5.41 Å². The summed E-state index contributed by atoms with van der Waals surface area (Å²) in [6, 6.07) is 43.6. The summed E-state index contributed by atoms with van der Waals surface area (Å²) in [5.74, 6) is 0.709. The fourth-order valence-corrected chi connectivity index (χ4v) is 8.26. The minimum atomic E-state index is 0.162. The quantitative estimate of drug-likeness (QED) is 0.116.